The highest BCUT2D eigenvalue weighted by atomic mass is 16.5. The van der Waals surface area contributed by atoms with Crippen molar-refractivity contribution in [1.82, 2.24) is 0 Å². The lowest BCUT2D eigenvalue weighted by molar-refractivity contribution is -0.150. The summed E-state index contributed by atoms with van der Waals surface area (Å²) in [6.07, 6.45) is 0.0692. The largest absolute Gasteiger partial charge is 0.462 e. The van der Waals surface area contributed by atoms with Gasteiger partial charge in [0.25, 0.3) is 0 Å². The Labute approximate surface area is 136 Å². The van der Waals surface area contributed by atoms with Crippen LogP contribution in [0.25, 0.3) is 0 Å². The van der Waals surface area contributed by atoms with Crippen molar-refractivity contribution in [3.8, 4) is 17.6 Å². The van der Waals surface area contributed by atoms with E-state index in [4.69, 9.17) is 9.47 Å². The first kappa shape index (κ1) is 16.6. The first-order valence-electron chi connectivity index (χ1n) is 7.50. The Balaban J connectivity index is 2.07. The van der Waals surface area contributed by atoms with Gasteiger partial charge in [-0.2, -0.15) is 5.26 Å². The van der Waals surface area contributed by atoms with Gasteiger partial charge in [0, 0.05) is 0 Å². The molecule has 2 aromatic carbocycles. The molecule has 0 aromatic heterocycles. The van der Waals surface area contributed by atoms with Crippen molar-refractivity contribution < 1.29 is 14.3 Å². The van der Waals surface area contributed by atoms with E-state index in [-0.39, 0.29) is 6.10 Å². The van der Waals surface area contributed by atoms with Gasteiger partial charge in [-0.05, 0) is 50.1 Å². The van der Waals surface area contributed by atoms with E-state index in [9.17, 15) is 10.1 Å². The van der Waals surface area contributed by atoms with E-state index in [1.165, 1.54) is 0 Å². The second-order valence-corrected chi connectivity index (χ2v) is 5.43. The number of para-hydroxylation sites is 1. The number of carbonyl (C=O) groups excluding carboxylic acids is 1. The molecule has 0 N–H and O–H groups in total. The predicted molar refractivity (Wildman–Crippen MR) is 87.0 cm³/mol. The molecule has 1 unspecified atom stereocenters. The Morgan fingerprint density at radius 2 is 1.78 bits per heavy atom. The van der Waals surface area contributed by atoms with Crippen molar-refractivity contribution in [2.75, 3.05) is 0 Å². The Bertz CT molecular complexity index is 689. The number of hydrogen-bond donors (Lipinski definition) is 0. The van der Waals surface area contributed by atoms with E-state index < -0.39 is 11.9 Å². The highest BCUT2D eigenvalue weighted by Crippen LogP contribution is 2.23. The van der Waals surface area contributed by atoms with Crippen molar-refractivity contribution in [2.24, 2.45) is 5.92 Å². The maximum atomic E-state index is 11.9. The number of nitriles is 1. The minimum absolute atomic E-state index is 0.230. The van der Waals surface area contributed by atoms with Gasteiger partial charge in [-0.3, -0.25) is 4.79 Å². The molecule has 0 heterocycles. The molecule has 23 heavy (non-hydrogen) atoms. The molecular weight excluding hydrogens is 290 g/mol. The maximum absolute atomic E-state index is 11.9. The number of hydrogen-bond acceptors (Lipinski definition) is 4. The SMILES string of the molecule is CC(C)OC(=O)C(C#N)Cc1cccc(Oc2ccccc2)c1. The first-order chi connectivity index (χ1) is 11.1. The van der Waals surface area contributed by atoms with Crippen LogP contribution >= 0.6 is 0 Å². The van der Waals surface area contributed by atoms with E-state index in [0.717, 1.165) is 11.3 Å². The molecule has 4 nitrogen and oxygen atoms in total. The average Bonchev–Trinajstić information content (AvgIpc) is 2.53. The van der Waals surface area contributed by atoms with E-state index in [1.807, 2.05) is 60.7 Å². The molecule has 0 saturated carbocycles. The summed E-state index contributed by atoms with van der Waals surface area (Å²) in [7, 11) is 0. The third-order valence-corrected chi connectivity index (χ3v) is 3.11. The molecule has 1 atom stereocenters. The zero-order valence-corrected chi connectivity index (χ0v) is 13.2. The molecule has 0 aliphatic heterocycles. The Kier molecular flexibility index (Phi) is 5.76. The smallest absolute Gasteiger partial charge is 0.323 e. The quantitative estimate of drug-likeness (QED) is 0.753. The lowest BCUT2D eigenvalue weighted by atomic mass is 10.0. The van der Waals surface area contributed by atoms with E-state index in [0.29, 0.717) is 12.2 Å². The fourth-order valence-electron chi connectivity index (χ4n) is 2.09. The minimum atomic E-state index is -0.815. The summed E-state index contributed by atoms with van der Waals surface area (Å²) in [4.78, 5) is 11.9. The van der Waals surface area contributed by atoms with Crippen LogP contribution in [0.2, 0.25) is 0 Å². The third-order valence-electron chi connectivity index (χ3n) is 3.11. The number of benzene rings is 2. The number of esters is 1. The van der Waals surface area contributed by atoms with E-state index in [2.05, 4.69) is 0 Å². The van der Waals surface area contributed by atoms with Crippen LogP contribution in [0.1, 0.15) is 19.4 Å². The number of nitrogens with zero attached hydrogens (tertiary/aromatic N) is 1. The highest BCUT2D eigenvalue weighted by molar-refractivity contribution is 5.75. The van der Waals surface area contributed by atoms with Gasteiger partial charge in [0.05, 0.1) is 12.2 Å². The average molecular weight is 309 g/mol. The first-order valence-corrected chi connectivity index (χ1v) is 7.50. The van der Waals surface area contributed by atoms with Crippen molar-refractivity contribution in [2.45, 2.75) is 26.4 Å². The fourth-order valence-corrected chi connectivity index (χ4v) is 2.09. The summed E-state index contributed by atoms with van der Waals surface area (Å²) in [5.41, 5.74) is 0.852. The van der Waals surface area contributed by atoms with Crippen LogP contribution < -0.4 is 4.74 Å². The second kappa shape index (κ2) is 8.00. The molecule has 0 amide bonds. The summed E-state index contributed by atoms with van der Waals surface area (Å²) >= 11 is 0. The van der Waals surface area contributed by atoms with Gasteiger partial charge in [-0.1, -0.05) is 30.3 Å². The van der Waals surface area contributed by atoms with E-state index >= 15 is 0 Å². The topological polar surface area (TPSA) is 59.3 Å². The van der Waals surface area contributed by atoms with Crippen molar-refractivity contribution in [3.05, 3.63) is 60.2 Å². The molecule has 0 saturated heterocycles. The van der Waals surface area contributed by atoms with Gasteiger partial charge >= 0.3 is 5.97 Å². The lowest BCUT2D eigenvalue weighted by Crippen LogP contribution is -2.21. The van der Waals surface area contributed by atoms with E-state index in [1.54, 1.807) is 13.8 Å². The summed E-state index contributed by atoms with van der Waals surface area (Å²) in [6, 6.07) is 18.8. The van der Waals surface area contributed by atoms with Crippen LogP contribution in [0, 0.1) is 17.2 Å². The molecule has 4 heteroatoms. The summed E-state index contributed by atoms with van der Waals surface area (Å²) < 4.78 is 10.9. The van der Waals surface area contributed by atoms with Crippen molar-refractivity contribution >= 4 is 5.97 Å². The summed E-state index contributed by atoms with van der Waals surface area (Å²) in [5.74, 6) is 0.101. The van der Waals surface area contributed by atoms with Gasteiger partial charge < -0.3 is 9.47 Å². The van der Waals surface area contributed by atoms with Crippen LogP contribution in [0.4, 0.5) is 0 Å². The summed E-state index contributed by atoms with van der Waals surface area (Å²) in [5, 5.41) is 9.19. The van der Waals surface area contributed by atoms with Crippen molar-refractivity contribution in [1.29, 1.82) is 5.26 Å². The molecule has 2 aromatic rings. The van der Waals surface area contributed by atoms with Gasteiger partial charge in [0.1, 0.15) is 17.4 Å². The molecule has 0 aliphatic rings. The maximum Gasteiger partial charge on any atom is 0.323 e. The third kappa shape index (κ3) is 5.15. The molecule has 0 aliphatic carbocycles. The zero-order valence-electron chi connectivity index (χ0n) is 13.2. The number of ether oxygens (including phenoxy) is 2. The standard InChI is InChI=1S/C19H19NO3/c1-14(2)22-19(21)16(13-20)11-15-7-6-10-18(12-15)23-17-8-4-3-5-9-17/h3-10,12,14,16H,11H2,1-2H3. The zero-order chi connectivity index (χ0) is 16.7. The lowest BCUT2D eigenvalue weighted by Gasteiger charge is -2.13. The van der Waals surface area contributed by atoms with Gasteiger partial charge in [-0.25, -0.2) is 0 Å². The van der Waals surface area contributed by atoms with Crippen LogP contribution in [0.15, 0.2) is 54.6 Å². The minimum Gasteiger partial charge on any atom is -0.462 e. The predicted octanol–water partition coefficient (Wildman–Crippen LogP) is 4.11. The highest BCUT2D eigenvalue weighted by Gasteiger charge is 2.21. The molecule has 0 bridgehead atoms. The second-order valence-electron chi connectivity index (χ2n) is 5.43. The molecule has 0 radical (unpaired) electrons. The monoisotopic (exact) mass is 309 g/mol. The van der Waals surface area contributed by atoms with Gasteiger partial charge in [-0.15, -0.1) is 0 Å². The molecule has 0 spiro atoms. The Morgan fingerprint density at radius 1 is 1.09 bits per heavy atom. The molecule has 118 valence electrons. The van der Waals surface area contributed by atoms with Crippen LogP contribution in [-0.4, -0.2) is 12.1 Å². The molecule has 2 rings (SSSR count). The Hall–Kier alpha value is -2.80. The van der Waals surface area contributed by atoms with Crippen LogP contribution in [0.5, 0.6) is 11.5 Å². The number of carbonyl (C=O) groups is 1. The normalized spacial score (nSPS) is 11.6. The Morgan fingerprint density at radius 3 is 2.43 bits per heavy atom. The fraction of sp³-hybridized carbons (Fsp3) is 0.263. The summed E-state index contributed by atoms with van der Waals surface area (Å²) in [6.45, 7) is 3.53. The van der Waals surface area contributed by atoms with Gasteiger partial charge in [0.15, 0.2) is 0 Å². The van der Waals surface area contributed by atoms with Gasteiger partial charge in [0.2, 0.25) is 0 Å². The van der Waals surface area contributed by atoms with Crippen molar-refractivity contribution in [3.63, 3.8) is 0 Å². The van der Waals surface area contributed by atoms with Crippen LogP contribution in [0.3, 0.4) is 0 Å². The molecule has 0 fully saturated rings. The van der Waals surface area contributed by atoms with Crippen LogP contribution in [-0.2, 0) is 16.0 Å². The molecular formula is C19H19NO3. The number of rotatable bonds is 6.